The minimum absolute atomic E-state index is 0.0869. The Kier molecular flexibility index (Phi) is 5.60. The van der Waals surface area contributed by atoms with E-state index in [9.17, 15) is 19.3 Å². The van der Waals surface area contributed by atoms with Gasteiger partial charge in [-0.3, -0.25) is 14.9 Å². The highest BCUT2D eigenvalue weighted by atomic mass is 19.1. The summed E-state index contributed by atoms with van der Waals surface area (Å²) in [4.78, 5) is 21.2. The molecule has 0 radical (unpaired) electrons. The Labute approximate surface area is 121 Å². The number of nitrogens with zero attached hydrogens (tertiary/aromatic N) is 1. The van der Waals surface area contributed by atoms with Gasteiger partial charge in [-0.1, -0.05) is 6.92 Å². The lowest BCUT2D eigenvalue weighted by molar-refractivity contribution is -0.387. The molecule has 0 bridgehead atoms. The molecular formula is C13H18FN3O4. The minimum atomic E-state index is -1.10. The van der Waals surface area contributed by atoms with E-state index in [2.05, 4.69) is 5.32 Å². The Balaban J connectivity index is 2.79. The number of nitrogens with one attached hydrogen (secondary N) is 1. The average molecular weight is 299 g/mol. The molecule has 0 fully saturated rings. The van der Waals surface area contributed by atoms with E-state index in [0.717, 1.165) is 18.6 Å². The van der Waals surface area contributed by atoms with Crippen molar-refractivity contribution in [2.45, 2.75) is 25.8 Å². The molecule has 1 aromatic rings. The molecule has 1 unspecified atom stereocenters. The second-order valence-corrected chi connectivity index (χ2v) is 4.78. The molecule has 1 rings (SSSR count). The van der Waals surface area contributed by atoms with E-state index in [1.807, 2.05) is 6.92 Å². The zero-order chi connectivity index (χ0) is 16.0. The average Bonchev–Trinajstić information content (AvgIpc) is 2.42. The normalized spacial score (nSPS) is 13.5. The van der Waals surface area contributed by atoms with Gasteiger partial charge in [0.15, 0.2) is 0 Å². The van der Waals surface area contributed by atoms with Gasteiger partial charge in [-0.2, -0.15) is 4.39 Å². The van der Waals surface area contributed by atoms with Crippen molar-refractivity contribution in [3.63, 3.8) is 0 Å². The second kappa shape index (κ2) is 6.98. The van der Waals surface area contributed by atoms with Crippen molar-refractivity contribution < 1.29 is 18.8 Å². The molecule has 0 saturated heterocycles. The van der Waals surface area contributed by atoms with Crippen molar-refractivity contribution in [3.05, 3.63) is 34.1 Å². The van der Waals surface area contributed by atoms with Crippen LogP contribution in [0.15, 0.2) is 18.2 Å². The second-order valence-electron chi connectivity index (χ2n) is 4.78. The number of nitrogens with two attached hydrogens (primary N) is 1. The molecule has 0 aromatic heterocycles. The molecule has 0 aliphatic carbocycles. The fourth-order valence-electron chi connectivity index (χ4n) is 1.56. The Morgan fingerprint density at radius 1 is 1.57 bits per heavy atom. The van der Waals surface area contributed by atoms with Gasteiger partial charge in [-0.05, 0) is 26.0 Å². The molecule has 0 spiro atoms. The van der Waals surface area contributed by atoms with E-state index in [1.54, 1.807) is 6.92 Å². The summed E-state index contributed by atoms with van der Waals surface area (Å²) >= 11 is 0. The predicted octanol–water partition coefficient (Wildman–Crippen LogP) is 1.36. The monoisotopic (exact) mass is 299 g/mol. The van der Waals surface area contributed by atoms with Gasteiger partial charge in [0.05, 0.1) is 4.92 Å². The summed E-state index contributed by atoms with van der Waals surface area (Å²) in [6.07, 6.45) is 0.801. The largest absolute Gasteiger partial charge is 0.491 e. The number of carbonyl (C=O) groups is 1. The van der Waals surface area contributed by atoms with Crippen LogP contribution >= 0.6 is 0 Å². The summed E-state index contributed by atoms with van der Waals surface area (Å²) in [7, 11) is 0. The van der Waals surface area contributed by atoms with E-state index in [4.69, 9.17) is 10.5 Å². The first-order valence-corrected chi connectivity index (χ1v) is 6.42. The van der Waals surface area contributed by atoms with Gasteiger partial charge < -0.3 is 15.8 Å². The van der Waals surface area contributed by atoms with Crippen molar-refractivity contribution in [3.8, 4) is 5.75 Å². The number of benzene rings is 1. The summed E-state index contributed by atoms with van der Waals surface area (Å²) in [5.74, 6) is -1.51. The Bertz CT molecular complexity index is 538. The lowest BCUT2D eigenvalue weighted by Crippen LogP contribution is -2.57. The maximum Gasteiger partial charge on any atom is 0.305 e. The number of primary amides is 1. The summed E-state index contributed by atoms with van der Waals surface area (Å²) in [5, 5.41) is 13.5. The highest BCUT2D eigenvalue weighted by Gasteiger charge is 2.31. The van der Waals surface area contributed by atoms with E-state index < -0.39 is 27.9 Å². The van der Waals surface area contributed by atoms with Crippen LogP contribution in [0.25, 0.3) is 0 Å². The van der Waals surface area contributed by atoms with Crippen LogP contribution < -0.4 is 15.8 Å². The van der Waals surface area contributed by atoms with Gasteiger partial charge >= 0.3 is 5.69 Å². The number of nitro benzene ring substituents is 1. The number of amides is 1. The molecule has 0 heterocycles. The van der Waals surface area contributed by atoms with Crippen molar-refractivity contribution >= 4 is 11.6 Å². The van der Waals surface area contributed by atoms with Gasteiger partial charge in [0.1, 0.15) is 17.9 Å². The van der Waals surface area contributed by atoms with Gasteiger partial charge in [0.25, 0.3) is 0 Å². The van der Waals surface area contributed by atoms with E-state index >= 15 is 0 Å². The number of ether oxygens (including phenoxy) is 1. The maximum atomic E-state index is 13.5. The molecule has 8 heteroatoms. The number of rotatable bonds is 8. The Hall–Kier alpha value is -2.22. The summed E-state index contributed by atoms with van der Waals surface area (Å²) in [5.41, 5.74) is 3.59. The summed E-state index contributed by atoms with van der Waals surface area (Å²) in [6.45, 7) is 3.96. The molecule has 1 aromatic carbocycles. The fraction of sp³-hybridized carbons (Fsp3) is 0.462. The smallest absolute Gasteiger partial charge is 0.305 e. The van der Waals surface area contributed by atoms with Gasteiger partial charge in [-0.15, -0.1) is 0 Å². The summed E-state index contributed by atoms with van der Waals surface area (Å²) in [6, 6.07) is 3.17. The molecule has 7 nitrogen and oxygen atoms in total. The van der Waals surface area contributed by atoms with Crippen LogP contribution in [-0.4, -0.2) is 29.5 Å². The molecule has 0 aliphatic heterocycles. The van der Waals surface area contributed by atoms with E-state index in [-0.39, 0.29) is 12.4 Å². The lowest BCUT2D eigenvalue weighted by atomic mass is 10.0. The summed E-state index contributed by atoms with van der Waals surface area (Å²) < 4.78 is 18.8. The number of halogens is 1. The minimum Gasteiger partial charge on any atom is -0.491 e. The first-order valence-electron chi connectivity index (χ1n) is 6.42. The van der Waals surface area contributed by atoms with Crippen LogP contribution in [-0.2, 0) is 4.79 Å². The quantitative estimate of drug-likeness (QED) is 0.556. The molecule has 21 heavy (non-hydrogen) atoms. The zero-order valence-electron chi connectivity index (χ0n) is 11.9. The molecular weight excluding hydrogens is 281 g/mol. The molecule has 0 aliphatic rings. The van der Waals surface area contributed by atoms with Gasteiger partial charge in [0.2, 0.25) is 11.7 Å². The molecule has 116 valence electrons. The van der Waals surface area contributed by atoms with Gasteiger partial charge in [-0.25, -0.2) is 0 Å². The first-order chi connectivity index (χ1) is 9.80. The molecule has 1 atom stereocenters. The van der Waals surface area contributed by atoms with Crippen molar-refractivity contribution in [1.29, 1.82) is 0 Å². The third-order valence-electron chi connectivity index (χ3n) is 2.95. The van der Waals surface area contributed by atoms with Crippen LogP contribution in [0.5, 0.6) is 5.75 Å². The topological polar surface area (TPSA) is 107 Å². The Morgan fingerprint density at radius 3 is 2.71 bits per heavy atom. The van der Waals surface area contributed by atoms with Crippen LogP contribution in [0.1, 0.15) is 20.3 Å². The number of hydrogen-bond donors (Lipinski definition) is 2. The van der Waals surface area contributed by atoms with E-state index in [0.29, 0.717) is 6.54 Å². The molecule has 3 N–H and O–H groups in total. The third-order valence-corrected chi connectivity index (χ3v) is 2.95. The Morgan fingerprint density at radius 2 is 2.24 bits per heavy atom. The van der Waals surface area contributed by atoms with Crippen molar-refractivity contribution in [2.75, 3.05) is 13.2 Å². The predicted molar refractivity (Wildman–Crippen MR) is 74.4 cm³/mol. The van der Waals surface area contributed by atoms with Crippen molar-refractivity contribution in [2.24, 2.45) is 5.73 Å². The number of hydrogen-bond acceptors (Lipinski definition) is 5. The maximum absolute atomic E-state index is 13.5. The highest BCUT2D eigenvalue weighted by molar-refractivity contribution is 5.84. The van der Waals surface area contributed by atoms with Gasteiger partial charge in [0, 0.05) is 12.1 Å². The van der Waals surface area contributed by atoms with Crippen LogP contribution in [0.3, 0.4) is 0 Å². The SMILES string of the molecule is CCCNC(C)(COc1ccc([N+](=O)[O-])c(F)c1)C(N)=O. The third kappa shape index (κ3) is 4.38. The van der Waals surface area contributed by atoms with E-state index in [1.165, 1.54) is 6.07 Å². The molecule has 0 saturated carbocycles. The number of nitro groups is 1. The lowest BCUT2D eigenvalue weighted by Gasteiger charge is -2.27. The molecule has 1 amide bonds. The first kappa shape index (κ1) is 16.8. The van der Waals surface area contributed by atoms with Crippen molar-refractivity contribution in [1.82, 2.24) is 5.32 Å². The fourth-order valence-corrected chi connectivity index (χ4v) is 1.56. The highest BCUT2D eigenvalue weighted by Crippen LogP contribution is 2.23. The number of carbonyl (C=O) groups excluding carboxylic acids is 1. The standard InChI is InChI=1S/C13H18FN3O4/c1-3-6-16-13(2,12(15)18)8-21-9-4-5-11(17(19)20)10(14)7-9/h4-5,7,16H,3,6,8H2,1-2H3,(H2,15,18). The van der Waals surface area contributed by atoms with Crippen LogP contribution in [0.4, 0.5) is 10.1 Å². The van der Waals surface area contributed by atoms with Crippen LogP contribution in [0, 0.1) is 15.9 Å². The zero-order valence-corrected chi connectivity index (χ0v) is 11.9. The van der Waals surface area contributed by atoms with Crippen LogP contribution in [0.2, 0.25) is 0 Å².